The minimum absolute atomic E-state index is 0.105. The van der Waals surface area contributed by atoms with Gasteiger partial charge in [0.2, 0.25) is 0 Å². The van der Waals surface area contributed by atoms with Gasteiger partial charge < -0.3 is 24.7 Å². The summed E-state index contributed by atoms with van der Waals surface area (Å²) in [5, 5.41) is 16.3. The van der Waals surface area contributed by atoms with Gasteiger partial charge in [0.25, 0.3) is 11.8 Å². The number of anilines is 2. The van der Waals surface area contributed by atoms with Crippen molar-refractivity contribution in [2.75, 3.05) is 104 Å². The van der Waals surface area contributed by atoms with E-state index in [9.17, 15) is 14.7 Å². The van der Waals surface area contributed by atoms with E-state index in [2.05, 4.69) is 48.6 Å². The molecule has 2 heterocycles. The second-order valence-corrected chi connectivity index (χ2v) is 9.85. The number of nitrogens with one attached hydrogen (secondary N) is 2. The van der Waals surface area contributed by atoms with Gasteiger partial charge in [0.1, 0.15) is 0 Å². The van der Waals surface area contributed by atoms with E-state index < -0.39 is 0 Å². The van der Waals surface area contributed by atoms with E-state index in [0.29, 0.717) is 33.4 Å². The van der Waals surface area contributed by atoms with Crippen molar-refractivity contribution in [1.82, 2.24) is 9.80 Å². The lowest BCUT2D eigenvalue weighted by Crippen LogP contribution is -2.58. The predicted molar refractivity (Wildman–Crippen MR) is 122 cm³/mol. The van der Waals surface area contributed by atoms with Crippen molar-refractivity contribution in [3.05, 3.63) is 18.2 Å². The van der Waals surface area contributed by atoms with Gasteiger partial charge in [-0.25, -0.2) is 0 Å². The highest BCUT2D eigenvalue weighted by atomic mass is 16.3. The molecule has 1 aromatic carbocycles. The monoisotopic (exact) mass is 434 g/mol. The zero-order valence-electron chi connectivity index (χ0n) is 19.4. The van der Waals surface area contributed by atoms with Crippen molar-refractivity contribution in [1.29, 1.82) is 0 Å². The molecular formula is C22H38N6O3+2. The molecule has 31 heavy (non-hydrogen) atoms. The van der Waals surface area contributed by atoms with E-state index in [0.717, 1.165) is 52.4 Å². The Morgan fingerprint density at radius 3 is 1.55 bits per heavy atom. The molecule has 0 aromatic heterocycles. The molecule has 0 aliphatic carbocycles. The van der Waals surface area contributed by atoms with Crippen LogP contribution in [0, 0.1) is 0 Å². The summed E-state index contributed by atoms with van der Waals surface area (Å²) in [5.41, 5.74) is 0.645. The summed E-state index contributed by atoms with van der Waals surface area (Å²) in [5.74, 6) is -0.381. The number of aromatic hydroxyl groups is 1. The first-order valence-corrected chi connectivity index (χ1v) is 11.0. The van der Waals surface area contributed by atoms with Crippen molar-refractivity contribution in [2.24, 2.45) is 0 Å². The van der Waals surface area contributed by atoms with Crippen LogP contribution in [0.15, 0.2) is 18.2 Å². The van der Waals surface area contributed by atoms with Crippen molar-refractivity contribution in [3.63, 3.8) is 0 Å². The van der Waals surface area contributed by atoms with Crippen molar-refractivity contribution >= 4 is 23.2 Å². The molecule has 0 bridgehead atoms. The molecule has 2 saturated heterocycles. The van der Waals surface area contributed by atoms with Crippen LogP contribution < -0.4 is 10.6 Å². The van der Waals surface area contributed by atoms with E-state index in [4.69, 9.17) is 0 Å². The van der Waals surface area contributed by atoms with Crippen LogP contribution in [-0.4, -0.2) is 129 Å². The topological polar surface area (TPSA) is 84.9 Å². The van der Waals surface area contributed by atoms with Crippen molar-refractivity contribution < 1.29 is 23.7 Å². The SMILES string of the molecule is CN1CC[N+](C)(CC(=O)Nc2cccc(NC(=O)C[N+]3(C)CCN(C)CC3)c2O)CC1. The highest BCUT2D eigenvalue weighted by Gasteiger charge is 2.31. The molecule has 0 unspecified atom stereocenters. The number of carbonyl (C=O) groups is 2. The number of phenols is 1. The third-order valence-corrected chi connectivity index (χ3v) is 6.72. The fourth-order valence-corrected chi connectivity index (χ4v) is 4.23. The number of likely N-dealkylation sites (N-methyl/N-ethyl adjacent to an activating group) is 4. The Labute approximate surface area is 185 Å². The molecule has 0 saturated carbocycles. The summed E-state index contributed by atoms with van der Waals surface area (Å²) in [7, 11) is 8.36. The Morgan fingerprint density at radius 1 is 0.839 bits per heavy atom. The quantitative estimate of drug-likeness (QED) is 0.435. The van der Waals surface area contributed by atoms with Crippen LogP contribution in [-0.2, 0) is 9.59 Å². The number of para-hydroxylation sites is 1. The van der Waals surface area contributed by atoms with Gasteiger partial charge in [-0.1, -0.05) is 6.07 Å². The molecule has 0 radical (unpaired) electrons. The van der Waals surface area contributed by atoms with Crippen LogP contribution in [0.3, 0.4) is 0 Å². The van der Waals surface area contributed by atoms with Gasteiger partial charge in [-0.05, 0) is 26.2 Å². The number of piperazine rings is 2. The number of phenolic OH excluding ortho intramolecular Hbond substituents is 1. The standard InChI is InChI=1S/C22H36N6O3/c1-25-8-12-27(3,13-9-25)16-20(29)23-18-6-5-7-19(22(18)31)24-21(30)17-28(4)14-10-26(2)11-15-28/h5-7H,8-17H2,1-4H3,(H-2,23,24,29,30,31)/p+2. The van der Waals surface area contributed by atoms with Crippen LogP contribution in [0.4, 0.5) is 11.4 Å². The van der Waals surface area contributed by atoms with Gasteiger partial charge in [-0.2, -0.15) is 0 Å². The fraction of sp³-hybridized carbons (Fsp3) is 0.636. The van der Waals surface area contributed by atoms with Gasteiger partial charge in [-0.3, -0.25) is 19.4 Å². The summed E-state index contributed by atoms with van der Waals surface area (Å²) in [6.45, 7) is 8.22. The minimum Gasteiger partial charge on any atom is -0.504 e. The lowest BCUT2D eigenvalue weighted by molar-refractivity contribution is -0.905. The molecule has 2 fully saturated rings. The van der Waals surface area contributed by atoms with Gasteiger partial charge >= 0.3 is 0 Å². The highest BCUT2D eigenvalue weighted by molar-refractivity contribution is 5.98. The molecule has 0 atom stereocenters. The third kappa shape index (κ3) is 6.39. The molecule has 3 rings (SSSR count). The fourth-order valence-electron chi connectivity index (χ4n) is 4.23. The maximum Gasteiger partial charge on any atom is 0.279 e. The lowest BCUT2D eigenvalue weighted by Gasteiger charge is -2.40. The van der Waals surface area contributed by atoms with Gasteiger partial charge in [0.05, 0.1) is 51.6 Å². The first-order valence-electron chi connectivity index (χ1n) is 11.0. The number of quaternary nitrogens is 2. The van der Waals surface area contributed by atoms with Gasteiger partial charge in [-0.15, -0.1) is 0 Å². The van der Waals surface area contributed by atoms with Crippen LogP contribution in [0.1, 0.15) is 0 Å². The Balaban J connectivity index is 1.58. The Morgan fingerprint density at radius 2 is 1.19 bits per heavy atom. The Hall–Kier alpha value is -2.20. The van der Waals surface area contributed by atoms with E-state index in [1.165, 1.54) is 0 Å². The summed E-state index contributed by atoms with van der Waals surface area (Å²) in [6, 6.07) is 5.03. The average molecular weight is 435 g/mol. The second kappa shape index (κ2) is 9.52. The highest BCUT2D eigenvalue weighted by Crippen LogP contribution is 2.32. The third-order valence-electron chi connectivity index (χ3n) is 6.72. The maximum absolute atomic E-state index is 12.6. The van der Waals surface area contributed by atoms with Gasteiger partial charge in [0, 0.05) is 26.2 Å². The molecule has 2 aliphatic rings. The molecule has 3 N–H and O–H groups in total. The number of benzene rings is 1. The number of carbonyl (C=O) groups excluding carboxylic acids is 2. The zero-order valence-corrected chi connectivity index (χ0v) is 19.4. The molecule has 2 aliphatic heterocycles. The first kappa shape index (κ1) is 23.5. The van der Waals surface area contributed by atoms with Crippen molar-refractivity contribution in [2.45, 2.75) is 0 Å². The lowest BCUT2D eigenvalue weighted by atomic mass is 10.2. The van der Waals surface area contributed by atoms with E-state index in [-0.39, 0.29) is 17.6 Å². The van der Waals surface area contributed by atoms with Crippen LogP contribution >= 0.6 is 0 Å². The van der Waals surface area contributed by atoms with Crippen molar-refractivity contribution in [3.8, 4) is 5.75 Å². The van der Waals surface area contributed by atoms with Crippen LogP contribution in [0.25, 0.3) is 0 Å². The summed E-state index contributed by atoms with van der Waals surface area (Å²) < 4.78 is 1.36. The van der Waals surface area contributed by atoms with Crippen LogP contribution in [0.2, 0.25) is 0 Å². The minimum atomic E-state index is -0.138. The first-order chi connectivity index (χ1) is 14.6. The molecule has 1 aromatic rings. The largest absolute Gasteiger partial charge is 0.504 e. The average Bonchev–Trinajstić information content (AvgIpc) is 2.70. The predicted octanol–water partition coefficient (Wildman–Crippen LogP) is 0.0532. The normalized spacial score (nSPS) is 21.4. The molecular weight excluding hydrogens is 396 g/mol. The molecule has 9 heteroatoms. The summed E-state index contributed by atoms with van der Waals surface area (Å²) in [6.07, 6.45) is 0. The molecule has 0 spiro atoms. The maximum atomic E-state index is 12.6. The van der Waals surface area contributed by atoms with Gasteiger partial charge in [0.15, 0.2) is 18.8 Å². The number of nitrogens with zero attached hydrogens (tertiary/aromatic N) is 4. The van der Waals surface area contributed by atoms with E-state index in [1.54, 1.807) is 18.2 Å². The number of rotatable bonds is 6. The summed E-state index contributed by atoms with van der Waals surface area (Å²) >= 11 is 0. The molecule has 172 valence electrons. The Kier molecular flexibility index (Phi) is 7.20. The number of hydrogen-bond donors (Lipinski definition) is 3. The number of hydrogen-bond acceptors (Lipinski definition) is 5. The van der Waals surface area contributed by atoms with Crippen LogP contribution in [0.5, 0.6) is 5.75 Å². The second-order valence-electron chi connectivity index (χ2n) is 9.85. The zero-order chi connectivity index (χ0) is 22.6. The molecule has 2 amide bonds. The van der Waals surface area contributed by atoms with E-state index >= 15 is 0 Å². The smallest absolute Gasteiger partial charge is 0.279 e. The Bertz CT molecular complexity index is 736. The summed E-state index contributed by atoms with van der Waals surface area (Å²) in [4.78, 5) is 29.8. The van der Waals surface area contributed by atoms with E-state index in [1.807, 2.05) is 0 Å². The molecule has 9 nitrogen and oxygen atoms in total. The number of amides is 2.